The lowest BCUT2D eigenvalue weighted by Gasteiger charge is -2.04. The summed E-state index contributed by atoms with van der Waals surface area (Å²) in [6.07, 6.45) is 0. The summed E-state index contributed by atoms with van der Waals surface area (Å²) >= 11 is 0. The third-order valence-corrected chi connectivity index (χ3v) is 3.13. The molecule has 0 aliphatic rings. The molecule has 0 aliphatic heterocycles. The van der Waals surface area contributed by atoms with Crippen molar-refractivity contribution in [2.75, 3.05) is 5.73 Å². The number of aromatic nitrogens is 2. The molecule has 20 heavy (non-hydrogen) atoms. The number of hydrogen-bond donors (Lipinski definition) is 1. The van der Waals surface area contributed by atoms with Gasteiger partial charge in [0.05, 0.1) is 12.2 Å². The molecule has 0 saturated heterocycles. The van der Waals surface area contributed by atoms with Gasteiger partial charge in [-0.2, -0.15) is 5.10 Å². The second-order valence-corrected chi connectivity index (χ2v) is 4.60. The molecular formula is C16H14FN3. The zero-order valence-corrected chi connectivity index (χ0v) is 10.8. The van der Waals surface area contributed by atoms with Crippen LogP contribution in [0.1, 0.15) is 5.56 Å². The summed E-state index contributed by atoms with van der Waals surface area (Å²) in [5.74, 6) is 0.348. The fraction of sp³-hybridized carbons (Fsp3) is 0.0625. The molecule has 0 aliphatic carbocycles. The molecule has 2 aromatic carbocycles. The van der Waals surface area contributed by atoms with Crippen LogP contribution >= 0.6 is 0 Å². The second kappa shape index (κ2) is 5.17. The molecule has 0 fully saturated rings. The van der Waals surface area contributed by atoms with E-state index in [1.807, 2.05) is 36.4 Å². The molecule has 0 saturated carbocycles. The number of nitrogens with two attached hydrogens (primary N) is 1. The van der Waals surface area contributed by atoms with E-state index in [1.54, 1.807) is 16.8 Å². The van der Waals surface area contributed by atoms with E-state index in [1.165, 1.54) is 12.1 Å². The van der Waals surface area contributed by atoms with Crippen LogP contribution < -0.4 is 5.73 Å². The normalized spacial score (nSPS) is 10.7. The van der Waals surface area contributed by atoms with Crippen LogP contribution in [-0.2, 0) is 6.54 Å². The molecule has 3 rings (SSSR count). The maximum absolute atomic E-state index is 12.9. The van der Waals surface area contributed by atoms with Crippen molar-refractivity contribution in [3.63, 3.8) is 0 Å². The molecule has 4 heteroatoms. The Morgan fingerprint density at radius 2 is 1.70 bits per heavy atom. The van der Waals surface area contributed by atoms with Gasteiger partial charge in [-0.25, -0.2) is 9.07 Å². The van der Waals surface area contributed by atoms with Gasteiger partial charge in [0.15, 0.2) is 0 Å². The van der Waals surface area contributed by atoms with Crippen molar-refractivity contribution in [3.05, 3.63) is 72.0 Å². The van der Waals surface area contributed by atoms with Gasteiger partial charge in [-0.05, 0) is 17.7 Å². The standard InChI is InChI=1S/C16H14FN3/c17-14-8-6-12(7-9-14)11-20-16(18)10-15(19-20)13-4-2-1-3-5-13/h1-10H,11,18H2. The lowest BCUT2D eigenvalue weighted by Crippen LogP contribution is -2.05. The molecule has 0 bridgehead atoms. The highest BCUT2D eigenvalue weighted by atomic mass is 19.1. The highest BCUT2D eigenvalue weighted by Gasteiger charge is 2.07. The summed E-state index contributed by atoms with van der Waals surface area (Å²) < 4.78 is 14.6. The smallest absolute Gasteiger partial charge is 0.123 e. The Hall–Kier alpha value is -2.62. The predicted octanol–water partition coefficient (Wildman–Crippen LogP) is 3.32. The Bertz CT molecular complexity index is 702. The van der Waals surface area contributed by atoms with Crippen LogP contribution in [0.25, 0.3) is 11.3 Å². The third kappa shape index (κ3) is 2.54. The number of anilines is 1. The Kier molecular flexibility index (Phi) is 3.21. The predicted molar refractivity (Wildman–Crippen MR) is 77.6 cm³/mol. The fourth-order valence-electron chi connectivity index (χ4n) is 2.07. The molecular weight excluding hydrogens is 253 g/mol. The minimum Gasteiger partial charge on any atom is -0.384 e. The first-order chi connectivity index (χ1) is 9.72. The Labute approximate surface area is 116 Å². The van der Waals surface area contributed by atoms with Crippen molar-refractivity contribution < 1.29 is 4.39 Å². The molecule has 0 amide bonds. The van der Waals surface area contributed by atoms with Gasteiger partial charge >= 0.3 is 0 Å². The Morgan fingerprint density at radius 1 is 1.00 bits per heavy atom. The van der Waals surface area contributed by atoms with E-state index in [9.17, 15) is 4.39 Å². The van der Waals surface area contributed by atoms with Crippen molar-refractivity contribution in [1.82, 2.24) is 9.78 Å². The number of nitrogens with zero attached hydrogens (tertiary/aromatic N) is 2. The van der Waals surface area contributed by atoms with E-state index in [-0.39, 0.29) is 5.82 Å². The summed E-state index contributed by atoms with van der Waals surface area (Å²) in [5.41, 5.74) is 8.81. The topological polar surface area (TPSA) is 43.8 Å². The molecule has 0 spiro atoms. The van der Waals surface area contributed by atoms with E-state index in [2.05, 4.69) is 5.10 Å². The molecule has 3 aromatic rings. The van der Waals surface area contributed by atoms with Gasteiger partial charge in [-0.1, -0.05) is 42.5 Å². The van der Waals surface area contributed by atoms with Gasteiger partial charge in [0, 0.05) is 11.6 Å². The highest BCUT2D eigenvalue weighted by Crippen LogP contribution is 2.20. The summed E-state index contributed by atoms with van der Waals surface area (Å²) in [6.45, 7) is 0.527. The summed E-state index contributed by atoms with van der Waals surface area (Å²) in [4.78, 5) is 0. The Balaban J connectivity index is 1.88. The number of rotatable bonds is 3. The number of halogens is 1. The van der Waals surface area contributed by atoms with Crippen LogP contribution in [0.5, 0.6) is 0 Å². The van der Waals surface area contributed by atoms with Gasteiger partial charge in [0.2, 0.25) is 0 Å². The van der Waals surface area contributed by atoms with Gasteiger partial charge in [0.1, 0.15) is 11.6 Å². The van der Waals surface area contributed by atoms with Gasteiger partial charge < -0.3 is 5.73 Å². The molecule has 1 heterocycles. The van der Waals surface area contributed by atoms with Crippen LogP contribution in [0.15, 0.2) is 60.7 Å². The molecule has 100 valence electrons. The van der Waals surface area contributed by atoms with E-state index >= 15 is 0 Å². The average molecular weight is 267 g/mol. The fourth-order valence-corrected chi connectivity index (χ4v) is 2.07. The zero-order chi connectivity index (χ0) is 13.9. The largest absolute Gasteiger partial charge is 0.384 e. The highest BCUT2D eigenvalue weighted by molar-refractivity contribution is 5.62. The molecule has 1 aromatic heterocycles. The zero-order valence-electron chi connectivity index (χ0n) is 10.8. The molecule has 0 radical (unpaired) electrons. The van der Waals surface area contributed by atoms with Crippen LogP contribution in [0.4, 0.5) is 10.2 Å². The molecule has 0 atom stereocenters. The molecule has 3 nitrogen and oxygen atoms in total. The number of benzene rings is 2. The van der Waals surface area contributed by atoms with Gasteiger partial charge in [-0.15, -0.1) is 0 Å². The maximum Gasteiger partial charge on any atom is 0.123 e. The summed E-state index contributed by atoms with van der Waals surface area (Å²) in [6, 6.07) is 18.1. The van der Waals surface area contributed by atoms with E-state index in [0.717, 1.165) is 16.8 Å². The molecule has 2 N–H and O–H groups in total. The second-order valence-electron chi connectivity index (χ2n) is 4.60. The summed E-state index contributed by atoms with van der Waals surface area (Å²) in [5, 5.41) is 4.50. The van der Waals surface area contributed by atoms with Gasteiger partial charge in [0.25, 0.3) is 0 Å². The monoisotopic (exact) mass is 267 g/mol. The molecule has 0 unspecified atom stereocenters. The van der Waals surface area contributed by atoms with Crippen LogP contribution in [0, 0.1) is 5.82 Å². The average Bonchev–Trinajstić information content (AvgIpc) is 2.84. The van der Waals surface area contributed by atoms with Crippen molar-refractivity contribution in [1.29, 1.82) is 0 Å². The van der Waals surface area contributed by atoms with Crippen molar-refractivity contribution in [2.24, 2.45) is 0 Å². The first-order valence-electron chi connectivity index (χ1n) is 6.35. The van der Waals surface area contributed by atoms with Crippen molar-refractivity contribution in [2.45, 2.75) is 6.54 Å². The number of hydrogen-bond acceptors (Lipinski definition) is 2. The first kappa shape index (κ1) is 12.4. The van der Waals surface area contributed by atoms with E-state index in [0.29, 0.717) is 12.4 Å². The Morgan fingerprint density at radius 3 is 2.40 bits per heavy atom. The van der Waals surface area contributed by atoms with Gasteiger partial charge in [-0.3, -0.25) is 0 Å². The first-order valence-corrected chi connectivity index (χ1v) is 6.35. The van der Waals surface area contributed by atoms with E-state index in [4.69, 9.17) is 5.73 Å². The van der Waals surface area contributed by atoms with Crippen molar-refractivity contribution >= 4 is 5.82 Å². The minimum atomic E-state index is -0.243. The lowest BCUT2D eigenvalue weighted by atomic mass is 10.2. The lowest BCUT2D eigenvalue weighted by molar-refractivity contribution is 0.625. The maximum atomic E-state index is 12.9. The summed E-state index contributed by atoms with van der Waals surface area (Å²) in [7, 11) is 0. The van der Waals surface area contributed by atoms with E-state index < -0.39 is 0 Å². The SMILES string of the molecule is Nc1cc(-c2ccccc2)nn1Cc1ccc(F)cc1. The van der Waals surface area contributed by atoms with Crippen LogP contribution in [0.3, 0.4) is 0 Å². The van der Waals surface area contributed by atoms with Crippen LogP contribution in [0.2, 0.25) is 0 Å². The third-order valence-electron chi connectivity index (χ3n) is 3.13. The van der Waals surface area contributed by atoms with Crippen LogP contribution in [-0.4, -0.2) is 9.78 Å². The number of nitrogen functional groups attached to an aromatic ring is 1. The van der Waals surface area contributed by atoms with Crippen molar-refractivity contribution in [3.8, 4) is 11.3 Å². The minimum absolute atomic E-state index is 0.243. The quantitative estimate of drug-likeness (QED) is 0.791.